The van der Waals surface area contributed by atoms with Crippen molar-refractivity contribution >= 4 is 11.8 Å². The van der Waals surface area contributed by atoms with Crippen LogP contribution in [-0.4, -0.2) is 51.0 Å². The highest BCUT2D eigenvalue weighted by atomic mass is 16.2. The van der Waals surface area contributed by atoms with Gasteiger partial charge in [-0.3, -0.25) is 14.7 Å². The summed E-state index contributed by atoms with van der Waals surface area (Å²) in [5, 5.41) is 9.36. The third kappa shape index (κ3) is 2.85. The highest BCUT2D eigenvalue weighted by Gasteiger charge is 2.26. The van der Waals surface area contributed by atoms with E-state index in [0.29, 0.717) is 18.9 Å². The zero-order chi connectivity index (χ0) is 13.1. The summed E-state index contributed by atoms with van der Waals surface area (Å²) in [7, 11) is 0. The van der Waals surface area contributed by atoms with E-state index in [2.05, 4.69) is 20.5 Å². The van der Waals surface area contributed by atoms with Gasteiger partial charge in [0, 0.05) is 26.1 Å². The number of aryl methyl sites for hydroxylation is 1. The number of piperidine rings is 1. The van der Waals surface area contributed by atoms with Crippen molar-refractivity contribution in [2.24, 2.45) is 0 Å². The van der Waals surface area contributed by atoms with E-state index < -0.39 is 0 Å². The van der Waals surface area contributed by atoms with Gasteiger partial charge < -0.3 is 10.2 Å². The van der Waals surface area contributed by atoms with Gasteiger partial charge in [0.15, 0.2) is 0 Å². The highest BCUT2D eigenvalue weighted by molar-refractivity contribution is 5.90. The van der Waals surface area contributed by atoms with Gasteiger partial charge in [0.2, 0.25) is 11.7 Å². The first-order valence-corrected chi connectivity index (χ1v) is 6.01. The van der Waals surface area contributed by atoms with Crippen molar-refractivity contribution in [1.82, 2.24) is 25.4 Å². The predicted octanol–water partition coefficient (Wildman–Crippen LogP) is -0.146. The van der Waals surface area contributed by atoms with E-state index in [4.69, 9.17) is 0 Å². The minimum atomic E-state index is -0.186. The zero-order valence-electron chi connectivity index (χ0n) is 10.6. The number of aromatic nitrogens is 3. The molecule has 18 heavy (non-hydrogen) atoms. The number of likely N-dealkylation sites (tertiary alicyclic amines) is 1. The van der Waals surface area contributed by atoms with Gasteiger partial charge in [0.25, 0.3) is 5.91 Å². The molecule has 2 heterocycles. The predicted molar refractivity (Wildman–Crippen MR) is 63.9 cm³/mol. The molecule has 98 valence electrons. The van der Waals surface area contributed by atoms with E-state index in [1.807, 2.05) is 0 Å². The lowest BCUT2D eigenvalue weighted by molar-refractivity contribution is -0.120. The number of carbonyl (C=O) groups excluding carboxylic acids is 2. The Bertz CT molecular complexity index is 456. The van der Waals surface area contributed by atoms with Gasteiger partial charge in [-0.25, -0.2) is 4.98 Å². The largest absolute Gasteiger partial charge is 0.352 e. The molecule has 1 unspecified atom stereocenters. The average molecular weight is 251 g/mol. The average Bonchev–Trinajstić information content (AvgIpc) is 2.74. The normalized spacial score (nSPS) is 19.7. The second-order valence-corrected chi connectivity index (χ2v) is 4.54. The molecule has 2 amide bonds. The molecule has 1 fully saturated rings. The SMILES string of the molecule is CC(=O)NC1CCCN(C(=O)c2n[nH]c(C)n2)C1. The number of nitrogens with zero attached hydrogens (tertiary/aromatic N) is 3. The number of hydrogen-bond acceptors (Lipinski definition) is 4. The Labute approximate surface area is 105 Å². The van der Waals surface area contributed by atoms with Gasteiger partial charge in [-0.2, -0.15) is 0 Å². The van der Waals surface area contributed by atoms with E-state index in [1.54, 1.807) is 11.8 Å². The van der Waals surface area contributed by atoms with Crippen molar-refractivity contribution in [2.75, 3.05) is 13.1 Å². The lowest BCUT2D eigenvalue weighted by atomic mass is 10.1. The molecule has 0 aromatic carbocycles. The summed E-state index contributed by atoms with van der Waals surface area (Å²) in [6.07, 6.45) is 1.77. The molecule has 2 N–H and O–H groups in total. The monoisotopic (exact) mass is 251 g/mol. The Morgan fingerprint density at radius 3 is 2.89 bits per heavy atom. The fourth-order valence-corrected chi connectivity index (χ4v) is 2.15. The molecule has 0 bridgehead atoms. The van der Waals surface area contributed by atoms with Gasteiger partial charge in [-0.1, -0.05) is 0 Å². The van der Waals surface area contributed by atoms with Crippen molar-refractivity contribution in [3.8, 4) is 0 Å². The highest BCUT2D eigenvalue weighted by Crippen LogP contribution is 2.12. The molecule has 1 aromatic heterocycles. The number of carbonyl (C=O) groups is 2. The van der Waals surface area contributed by atoms with Crippen molar-refractivity contribution in [3.63, 3.8) is 0 Å². The van der Waals surface area contributed by atoms with Gasteiger partial charge in [-0.05, 0) is 19.8 Å². The van der Waals surface area contributed by atoms with Crippen molar-refractivity contribution in [2.45, 2.75) is 32.7 Å². The van der Waals surface area contributed by atoms with Crippen molar-refractivity contribution in [3.05, 3.63) is 11.6 Å². The van der Waals surface area contributed by atoms with Crippen LogP contribution in [0.15, 0.2) is 0 Å². The van der Waals surface area contributed by atoms with Gasteiger partial charge >= 0.3 is 0 Å². The fraction of sp³-hybridized carbons (Fsp3) is 0.636. The first-order chi connectivity index (χ1) is 8.56. The van der Waals surface area contributed by atoms with Gasteiger partial charge in [0.05, 0.1) is 0 Å². The summed E-state index contributed by atoms with van der Waals surface area (Å²) in [4.78, 5) is 28.8. The number of amides is 2. The Morgan fingerprint density at radius 1 is 1.50 bits per heavy atom. The maximum absolute atomic E-state index is 12.1. The van der Waals surface area contributed by atoms with Crippen molar-refractivity contribution < 1.29 is 9.59 Å². The van der Waals surface area contributed by atoms with Crippen LogP contribution in [0, 0.1) is 6.92 Å². The summed E-state index contributed by atoms with van der Waals surface area (Å²) in [6, 6.07) is 0.0280. The molecule has 2 rings (SSSR count). The lowest BCUT2D eigenvalue weighted by Gasteiger charge is -2.32. The molecule has 1 aromatic rings. The second-order valence-electron chi connectivity index (χ2n) is 4.54. The zero-order valence-corrected chi connectivity index (χ0v) is 10.6. The Balaban J connectivity index is 2.00. The Morgan fingerprint density at radius 2 is 2.28 bits per heavy atom. The first kappa shape index (κ1) is 12.5. The molecule has 1 aliphatic rings. The molecule has 1 atom stereocenters. The number of aromatic amines is 1. The summed E-state index contributed by atoms with van der Waals surface area (Å²) >= 11 is 0. The van der Waals surface area contributed by atoms with Crippen molar-refractivity contribution in [1.29, 1.82) is 0 Å². The molecular formula is C11H17N5O2. The molecule has 0 aliphatic carbocycles. The summed E-state index contributed by atoms with van der Waals surface area (Å²) < 4.78 is 0. The topological polar surface area (TPSA) is 91.0 Å². The third-order valence-electron chi connectivity index (χ3n) is 2.90. The Kier molecular flexibility index (Phi) is 3.59. The maximum Gasteiger partial charge on any atom is 0.293 e. The first-order valence-electron chi connectivity index (χ1n) is 6.01. The van der Waals surface area contributed by atoms with Crippen LogP contribution in [0.3, 0.4) is 0 Å². The van der Waals surface area contributed by atoms with Crippen LogP contribution in [0.25, 0.3) is 0 Å². The molecule has 0 saturated carbocycles. The smallest absolute Gasteiger partial charge is 0.293 e. The number of hydrogen-bond donors (Lipinski definition) is 2. The standard InChI is InChI=1S/C11H17N5O2/c1-7-12-10(15-14-7)11(18)16-5-3-4-9(6-16)13-8(2)17/h9H,3-6H2,1-2H3,(H,13,17)(H,12,14,15). The summed E-state index contributed by atoms with van der Waals surface area (Å²) in [6.45, 7) is 4.44. The van der Waals surface area contributed by atoms with E-state index in [0.717, 1.165) is 12.8 Å². The van der Waals surface area contributed by atoms with Crippen LogP contribution in [0.4, 0.5) is 0 Å². The Hall–Kier alpha value is -1.92. The van der Waals surface area contributed by atoms with E-state index >= 15 is 0 Å². The number of H-pyrrole nitrogens is 1. The molecule has 0 spiro atoms. The molecule has 0 radical (unpaired) electrons. The van der Waals surface area contributed by atoms with E-state index in [-0.39, 0.29) is 23.7 Å². The minimum absolute atomic E-state index is 0.0280. The number of nitrogens with one attached hydrogen (secondary N) is 2. The second kappa shape index (κ2) is 5.16. The van der Waals surface area contributed by atoms with E-state index in [1.165, 1.54) is 6.92 Å². The maximum atomic E-state index is 12.1. The number of rotatable bonds is 2. The van der Waals surface area contributed by atoms with Crippen LogP contribution in [0.2, 0.25) is 0 Å². The van der Waals surface area contributed by atoms with Crippen LogP contribution < -0.4 is 5.32 Å². The van der Waals surface area contributed by atoms with E-state index in [9.17, 15) is 9.59 Å². The van der Waals surface area contributed by atoms with Crippen LogP contribution >= 0.6 is 0 Å². The van der Waals surface area contributed by atoms with Gasteiger partial charge in [0.1, 0.15) is 5.82 Å². The molecule has 7 nitrogen and oxygen atoms in total. The molecular weight excluding hydrogens is 234 g/mol. The van der Waals surface area contributed by atoms with Crippen LogP contribution in [-0.2, 0) is 4.79 Å². The van der Waals surface area contributed by atoms with Crippen LogP contribution in [0.1, 0.15) is 36.2 Å². The summed E-state index contributed by atoms with van der Waals surface area (Å²) in [5.74, 6) is 0.558. The molecule has 1 aliphatic heterocycles. The fourth-order valence-electron chi connectivity index (χ4n) is 2.15. The summed E-state index contributed by atoms with van der Waals surface area (Å²) in [5.41, 5.74) is 0. The van der Waals surface area contributed by atoms with Gasteiger partial charge in [-0.15, -0.1) is 5.10 Å². The van der Waals surface area contributed by atoms with Crippen LogP contribution in [0.5, 0.6) is 0 Å². The molecule has 1 saturated heterocycles. The quantitative estimate of drug-likeness (QED) is 0.765. The minimum Gasteiger partial charge on any atom is -0.352 e. The molecule has 7 heteroatoms. The lowest BCUT2D eigenvalue weighted by Crippen LogP contribution is -2.49. The third-order valence-corrected chi connectivity index (χ3v) is 2.90.